The molecule has 0 radical (unpaired) electrons. The van der Waals surface area contributed by atoms with Crippen LogP contribution in [0, 0.1) is 0 Å². The number of carbonyl (C=O) groups excluding carboxylic acids is 2. The molecular formula is C31H26BrNO3. The van der Waals surface area contributed by atoms with Gasteiger partial charge in [-0.15, -0.1) is 0 Å². The minimum absolute atomic E-state index is 0.224. The fraction of sp³-hybridized carbons (Fsp3) is 0.226. The largest absolute Gasteiger partial charge is 0.375 e. The predicted octanol–water partition coefficient (Wildman–Crippen LogP) is 6.49. The van der Waals surface area contributed by atoms with Gasteiger partial charge < -0.3 is 10.0 Å². The smallest absolute Gasteiger partial charge is 0.264 e. The van der Waals surface area contributed by atoms with Gasteiger partial charge in [0.15, 0.2) is 11.4 Å². The lowest BCUT2D eigenvalue weighted by Crippen LogP contribution is -2.41. The predicted molar refractivity (Wildman–Crippen MR) is 145 cm³/mol. The van der Waals surface area contributed by atoms with Crippen molar-refractivity contribution >= 4 is 44.1 Å². The highest BCUT2D eigenvalue weighted by atomic mass is 79.9. The Morgan fingerprint density at radius 1 is 0.889 bits per heavy atom. The van der Waals surface area contributed by atoms with Gasteiger partial charge in [0.25, 0.3) is 5.91 Å². The van der Waals surface area contributed by atoms with Crippen molar-refractivity contribution in [2.75, 3.05) is 4.90 Å². The number of hydrogen-bond acceptors (Lipinski definition) is 3. The molecule has 0 aromatic heterocycles. The van der Waals surface area contributed by atoms with Gasteiger partial charge in [0, 0.05) is 15.6 Å². The molecule has 6 rings (SSSR count). The number of anilines is 1. The van der Waals surface area contributed by atoms with Crippen LogP contribution in [0.5, 0.6) is 0 Å². The van der Waals surface area contributed by atoms with Crippen molar-refractivity contribution in [3.8, 4) is 0 Å². The summed E-state index contributed by atoms with van der Waals surface area (Å²) in [5.41, 5.74) is 3.21. The lowest BCUT2D eigenvalue weighted by molar-refractivity contribution is -0.136. The SMILES string of the molecule is O=C(CC1(O)C(=O)N(Cc2ccc3ccccc3c2)c2ccc(Br)cc21)c1ccc2c(c1)CCCC2. The molecule has 1 amide bonds. The maximum absolute atomic E-state index is 13.8. The first-order valence-electron chi connectivity index (χ1n) is 12.4. The lowest BCUT2D eigenvalue weighted by atomic mass is 9.85. The molecule has 1 aliphatic carbocycles. The average molecular weight is 540 g/mol. The molecule has 0 fully saturated rings. The van der Waals surface area contributed by atoms with Crippen LogP contribution < -0.4 is 4.90 Å². The van der Waals surface area contributed by atoms with Crippen LogP contribution in [0.3, 0.4) is 0 Å². The van der Waals surface area contributed by atoms with Gasteiger partial charge in [-0.3, -0.25) is 9.59 Å². The first-order valence-corrected chi connectivity index (χ1v) is 13.2. The van der Waals surface area contributed by atoms with Gasteiger partial charge in [0.2, 0.25) is 0 Å². The van der Waals surface area contributed by atoms with Crippen molar-refractivity contribution in [1.29, 1.82) is 0 Å². The first-order chi connectivity index (χ1) is 17.4. The Morgan fingerprint density at radius 2 is 1.67 bits per heavy atom. The minimum atomic E-state index is -1.91. The van der Waals surface area contributed by atoms with E-state index in [0.717, 1.165) is 40.1 Å². The highest BCUT2D eigenvalue weighted by Gasteiger charge is 2.51. The molecule has 0 saturated heterocycles. The third kappa shape index (κ3) is 3.97. The van der Waals surface area contributed by atoms with Crippen LogP contribution in [0.25, 0.3) is 10.8 Å². The van der Waals surface area contributed by atoms with E-state index in [9.17, 15) is 14.7 Å². The summed E-state index contributed by atoms with van der Waals surface area (Å²) >= 11 is 3.48. The number of rotatable bonds is 5. The number of carbonyl (C=O) groups is 2. The highest BCUT2D eigenvalue weighted by molar-refractivity contribution is 9.10. The van der Waals surface area contributed by atoms with Crippen molar-refractivity contribution < 1.29 is 14.7 Å². The molecule has 0 saturated carbocycles. The average Bonchev–Trinajstić information content (AvgIpc) is 3.09. The van der Waals surface area contributed by atoms with E-state index in [2.05, 4.69) is 28.1 Å². The third-order valence-corrected chi connectivity index (χ3v) is 8.03. The fourth-order valence-corrected chi connectivity index (χ4v) is 5.97. The van der Waals surface area contributed by atoms with E-state index in [1.54, 1.807) is 11.0 Å². The minimum Gasteiger partial charge on any atom is -0.375 e. The molecule has 180 valence electrons. The van der Waals surface area contributed by atoms with E-state index in [0.29, 0.717) is 23.4 Å². The molecule has 2 aliphatic rings. The molecule has 1 N–H and O–H groups in total. The Labute approximate surface area is 218 Å². The Hall–Kier alpha value is -3.28. The zero-order valence-electron chi connectivity index (χ0n) is 19.8. The zero-order valence-corrected chi connectivity index (χ0v) is 21.4. The number of nitrogens with zero attached hydrogens (tertiary/aromatic N) is 1. The second-order valence-electron chi connectivity index (χ2n) is 9.89. The van der Waals surface area contributed by atoms with Crippen molar-refractivity contribution in [2.45, 2.75) is 44.2 Å². The number of fused-ring (bicyclic) bond motifs is 3. The Morgan fingerprint density at radius 3 is 2.50 bits per heavy atom. The van der Waals surface area contributed by atoms with Crippen LogP contribution in [-0.2, 0) is 29.8 Å². The van der Waals surface area contributed by atoms with E-state index in [1.807, 2.05) is 60.7 Å². The van der Waals surface area contributed by atoms with Crippen LogP contribution >= 0.6 is 15.9 Å². The van der Waals surface area contributed by atoms with Gasteiger partial charge in [0.1, 0.15) is 0 Å². The van der Waals surface area contributed by atoms with Gasteiger partial charge in [-0.25, -0.2) is 0 Å². The first kappa shape index (κ1) is 23.1. The maximum atomic E-state index is 13.8. The number of aliphatic hydroxyl groups is 1. The number of benzene rings is 4. The van der Waals surface area contributed by atoms with Gasteiger partial charge in [-0.1, -0.05) is 64.5 Å². The normalized spacial score (nSPS) is 18.8. The quantitative estimate of drug-likeness (QED) is 0.295. The zero-order chi connectivity index (χ0) is 24.9. The van der Waals surface area contributed by atoms with Crippen LogP contribution in [-0.4, -0.2) is 16.8 Å². The Bertz CT molecular complexity index is 1530. The molecule has 1 aliphatic heterocycles. The van der Waals surface area contributed by atoms with Crippen molar-refractivity contribution in [3.63, 3.8) is 0 Å². The molecule has 4 aromatic carbocycles. The number of amides is 1. The molecule has 4 aromatic rings. The molecule has 36 heavy (non-hydrogen) atoms. The van der Waals surface area contributed by atoms with Crippen LogP contribution in [0.2, 0.25) is 0 Å². The summed E-state index contributed by atoms with van der Waals surface area (Å²) in [7, 11) is 0. The second-order valence-corrected chi connectivity index (χ2v) is 10.8. The molecule has 0 spiro atoms. The molecule has 1 unspecified atom stereocenters. The highest BCUT2D eigenvalue weighted by Crippen LogP contribution is 2.45. The van der Waals surface area contributed by atoms with Gasteiger partial charge in [-0.2, -0.15) is 0 Å². The monoisotopic (exact) mass is 539 g/mol. The van der Waals surface area contributed by atoms with Crippen molar-refractivity contribution in [1.82, 2.24) is 0 Å². The molecule has 5 heteroatoms. The van der Waals surface area contributed by atoms with E-state index < -0.39 is 11.5 Å². The fourth-order valence-electron chi connectivity index (χ4n) is 5.61. The van der Waals surface area contributed by atoms with E-state index in [4.69, 9.17) is 0 Å². The number of Topliss-reactive ketones (excluding diaryl/α,β-unsaturated/α-hetero) is 1. The molecular weight excluding hydrogens is 514 g/mol. The maximum Gasteiger partial charge on any atom is 0.264 e. The Kier molecular flexibility index (Phi) is 5.78. The summed E-state index contributed by atoms with van der Waals surface area (Å²) in [6.07, 6.45) is 4.01. The molecule has 0 bridgehead atoms. The van der Waals surface area contributed by atoms with Crippen LogP contribution in [0.1, 0.15) is 51.9 Å². The van der Waals surface area contributed by atoms with Crippen LogP contribution in [0.4, 0.5) is 5.69 Å². The summed E-state index contributed by atoms with van der Waals surface area (Å²) in [6, 6.07) is 25.5. The third-order valence-electron chi connectivity index (χ3n) is 7.54. The van der Waals surface area contributed by atoms with Crippen molar-refractivity contribution in [3.05, 3.63) is 111 Å². The topological polar surface area (TPSA) is 57.6 Å². The number of hydrogen-bond donors (Lipinski definition) is 1. The molecule has 4 nitrogen and oxygen atoms in total. The van der Waals surface area contributed by atoms with Gasteiger partial charge >= 0.3 is 0 Å². The number of halogens is 1. The summed E-state index contributed by atoms with van der Waals surface area (Å²) in [5.74, 6) is -0.687. The van der Waals surface area contributed by atoms with E-state index >= 15 is 0 Å². The number of ketones is 1. The summed E-state index contributed by atoms with van der Waals surface area (Å²) in [5, 5.41) is 14.0. The summed E-state index contributed by atoms with van der Waals surface area (Å²) in [6.45, 7) is 0.313. The summed E-state index contributed by atoms with van der Waals surface area (Å²) in [4.78, 5) is 28.8. The van der Waals surface area contributed by atoms with Gasteiger partial charge in [0.05, 0.1) is 18.7 Å². The number of aryl methyl sites for hydroxylation is 2. The van der Waals surface area contributed by atoms with E-state index in [-0.39, 0.29) is 12.2 Å². The molecule has 1 heterocycles. The molecule has 1 atom stereocenters. The van der Waals surface area contributed by atoms with Gasteiger partial charge in [-0.05, 0) is 83.5 Å². The van der Waals surface area contributed by atoms with E-state index in [1.165, 1.54) is 17.5 Å². The second kappa shape index (κ2) is 8.99. The lowest BCUT2D eigenvalue weighted by Gasteiger charge is -2.23. The van der Waals surface area contributed by atoms with Crippen LogP contribution in [0.15, 0.2) is 83.3 Å². The standard InChI is InChI=1S/C31H26BrNO3/c32-26-13-14-28-27(17-26)31(36,18-29(34)25-12-11-22-6-2-4-8-24(22)16-25)30(35)33(28)19-20-9-10-21-5-1-3-7-23(21)15-20/h1,3,5,7,9-17,36H,2,4,6,8,18-19H2. The van der Waals surface area contributed by atoms with Crippen molar-refractivity contribution in [2.24, 2.45) is 0 Å². The Balaban J connectivity index is 1.33. The summed E-state index contributed by atoms with van der Waals surface area (Å²) < 4.78 is 0.751.